The van der Waals surface area contributed by atoms with E-state index in [1.165, 1.54) is 12.1 Å². The van der Waals surface area contributed by atoms with E-state index in [4.69, 9.17) is 4.74 Å². The van der Waals surface area contributed by atoms with E-state index in [0.29, 0.717) is 25.7 Å². The highest BCUT2D eigenvalue weighted by Crippen LogP contribution is 2.02. The Hall–Kier alpha value is -0.890. The maximum Gasteiger partial charge on any atom is 0.191 e. The monoisotopic (exact) mass is 409 g/mol. The lowest BCUT2D eigenvalue weighted by Crippen LogP contribution is -2.38. The van der Waals surface area contributed by atoms with Gasteiger partial charge in [0.05, 0.1) is 6.61 Å². The lowest BCUT2D eigenvalue weighted by Gasteiger charge is -2.12. The standard InChI is InChI=1S/C15H24FN3O.HI/c1-3-4-9-20-10-8-18-15(17-2)19-12-13-6-5-7-14(16)11-13;/h5-7,11H,3-4,8-10,12H2,1-2H3,(H2,17,18,19);1H. The van der Waals surface area contributed by atoms with Gasteiger partial charge in [-0.05, 0) is 24.1 Å². The summed E-state index contributed by atoms with van der Waals surface area (Å²) in [5.41, 5.74) is 0.882. The first kappa shape index (κ1) is 20.1. The number of benzene rings is 1. The molecule has 0 aliphatic carbocycles. The third-order valence-electron chi connectivity index (χ3n) is 2.75. The Morgan fingerprint density at radius 2 is 2.10 bits per heavy atom. The molecule has 1 aromatic rings. The van der Waals surface area contributed by atoms with Crippen molar-refractivity contribution >= 4 is 29.9 Å². The van der Waals surface area contributed by atoms with E-state index in [9.17, 15) is 4.39 Å². The van der Waals surface area contributed by atoms with Gasteiger partial charge in [0.25, 0.3) is 0 Å². The lowest BCUT2D eigenvalue weighted by atomic mass is 10.2. The molecule has 2 N–H and O–H groups in total. The highest BCUT2D eigenvalue weighted by atomic mass is 127. The van der Waals surface area contributed by atoms with Crippen LogP contribution in [0, 0.1) is 5.82 Å². The van der Waals surface area contributed by atoms with Crippen molar-refractivity contribution in [2.75, 3.05) is 26.8 Å². The number of hydrogen-bond acceptors (Lipinski definition) is 2. The van der Waals surface area contributed by atoms with E-state index in [1.54, 1.807) is 13.1 Å². The minimum atomic E-state index is -0.225. The Morgan fingerprint density at radius 1 is 1.29 bits per heavy atom. The Kier molecular flexibility index (Phi) is 12.3. The van der Waals surface area contributed by atoms with Crippen LogP contribution >= 0.6 is 24.0 Å². The van der Waals surface area contributed by atoms with Crippen LogP contribution in [0.1, 0.15) is 25.3 Å². The largest absolute Gasteiger partial charge is 0.380 e. The van der Waals surface area contributed by atoms with Gasteiger partial charge in [0.15, 0.2) is 5.96 Å². The summed E-state index contributed by atoms with van der Waals surface area (Å²) in [5, 5.41) is 6.28. The van der Waals surface area contributed by atoms with Crippen molar-refractivity contribution in [1.29, 1.82) is 0 Å². The van der Waals surface area contributed by atoms with Crippen LogP contribution in [0.3, 0.4) is 0 Å². The molecule has 0 aliphatic heterocycles. The quantitative estimate of drug-likeness (QED) is 0.301. The number of rotatable bonds is 8. The van der Waals surface area contributed by atoms with Crippen LogP contribution in [0.4, 0.5) is 4.39 Å². The van der Waals surface area contributed by atoms with Crippen molar-refractivity contribution in [1.82, 2.24) is 10.6 Å². The van der Waals surface area contributed by atoms with Crippen LogP contribution in [-0.4, -0.2) is 32.8 Å². The maximum atomic E-state index is 13.0. The van der Waals surface area contributed by atoms with E-state index in [0.717, 1.165) is 25.0 Å². The smallest absolute Gasteiger partial charge is 0.191 e. The van der Waals surface area contributed by atoms with Gasteiger partial charge in [0.2, 0.25) is 0 Å². The molecular weight excluding hydrogens is 384 g/mol. The Bertz CT molecular complexity index is 416. The van der Waals surface area contributed by atoms with Gasteiger partial charge in [-0.1, -0.05) is 25.5 Å². The van der Waals surface area contributed by atoms with Gasteiger partial charge in [-0.2, -0.15) is 0 Å². The Labute approximate surface area is 143 Å². The second-order valence-electron chi connectivity index (χ2n) is 4.45. The van der Waals surface area contributed by atoms with Crippen molar-refractivity contribution in [2.24, 2.45) is 4.99 Å². The topological polar surface area (TPSA) is 45.6 Å². The zero-order chi connectivity index (χ0) is 14.6. The van der Waals surface area contributed by atoms with Crippen LogP contribution in [0.5, 0.6) is 0 Å². The van der Waals surface area contributed by atoms with Crippen LogP contribution in [0.25, 0.3) is 0 Å². The fourth-order valence-electron chi connectivity index (χ4n) is 1.64. The summed E-state index contributed by atoms with van der Waals surface area (Å²) in [6, 6.07) is 6.51. The molecule has 21 heavy (non-hydrogen) atoms. The summed E-state index contributed by atoms with van der Waals surface area (Å²) in [5.74, 6) is 0.463. The first-order chi connectivity index (χ1) is 9.76. The fourth-order valence-corrected chi connectivity index (χ4v) is 1.64. The molecule has 0 saturated heterocycles. The Morgan fingerprint density at radius 3 is 2.76 bits per heavy atom. The fraction of sp³-hybridized carbons (Fsp3) is 0.533. The van der Waals surface area contributed by atoms with Crippen LogP contribution in [-0.2, 0) is 11.3 Å². The number of unbranched alkanes of at least 4 members (excludes halogenated alkanes) is 1. The minimum absolute atomic E-state index is 0. The summed E-state index contributed by atoms with van der Waals surface area (Å²) >= 11 is 0. The molecule has 1 aromatic carbocycles. The second kappa shape index (κ2) is 12.8. The molecule has 0 fully saturated rings. The normalized spacial score (nSPS) is 10.9. The molecule has 120 valence electrons. The molecule has 0 bridgehead atoms. The third-order valence-corrected chi connectivity index (χ3v) is 2.75. The molecule has 0 spiro atoms. The molecular formula is C15H25FIN3O. The van der Waals surface area contributed by atoms with Crippen molar-refractivity contribution in [3.8, 4) is 0 Å². The molecule has 0 unspecified atom stereocenters. The summed E-state index contributed by atoms with van der Waals surface area (Å²) < 4.78 is 18.5. The predicted octanol–water partition coefficient (Wildman–Crippen LogP) is 2.93. The molecule has 1 rings (SSSR count). The van der Waals surface area contributed by atoms with Crippen LogP contribution in [0.2, 0.25) is 0 Å². The van der Waals surface area contributed by atoms with Crippen LogP contribution in [0.15, 0.2) is 29.3 Å². The molecule has 0 radical (unpaired) electrons. The number of nitrogens with zero attached hydrogens (tertiary/aromatic N) is 1. The molecule has 0 atom stereocenters. The molecule has 0 aromatic heterocycles. The zero-order valence-corrected chi connectivity index (χ0v) is 15.0. The highest BCUT2D eigenvalue weighted by molar-refractivity contribution is 14.0. The Balaban J connectivity index is 0.00000400. The van der Waals surface area contributed by atoms with E-state index >= 15 is 0 Å². The van der Waals surface area contributed by atoms with E-state index < -0.39 is 0 Å². The van der Waals surface area contributed by atoms with Gasteiger partial charge in [0.1, 0.15) is 5.82 Å². The molecule has 4 nitrogen and oxygen atoms in total. The maximum absolute atomic E-state index is 13.0. The number of hydrogen-bond donors (Lipinski definition) is 2. The van der Waals surface area contributed by atoms with E-state index in [1.807, 2.05) is 6.07 Å². The number of aliphatic imine (C=N–C) groups is 1. The SMILES string of the molecule is CCCCOCCNC(=NC)NCc1cccc(F)c1.I. The van der Waals surface area contributed by atoms with Crippen molar-refractivity contribution in [3.63, 3.8) is 0 Å². The summed E-state index contributed by atoms with van der Waals surface area (Å²) in [6.45, 7) is 4.83. The number of ether oxygens (including phenoxy) is 1. The van der Waals surface area contributed by atoms with E-state index in [2.05, 4.69) is 22.5 Å². The predicted molar refractivity (Wildman–Crippen MR) is 95.7 cm³/mol. The van der Waals surface area contributed by atoms with Crippen LogP contribution < -0.4 is 10.6 Å². The van der Waals surface area contributed by atoms with Crippen molar-refractivity contribution in [3.05, 3.63) is 35.6 Å². The zero-order valence-electron chi connectivity index (χ0n) is 12.7. The lowest BCUT2D eigenvalue weighted by molar-refractivity contribution is 0.136. The van der Waals surface area contributed by atoms with Crippen molar-refractivity contribution < 1.29 is 9.13 Å². The first-order valence-corrected chi connectivity index (χ1v) is 7.03. The first-order valence-electron chi connectivity index (χ1n) is 7.03. The molecule has 0 saturated carbocycles. The molecule has 0 aliphatic rings. The van der Waals surface area contributed by atoms with Gasteiger partial charge in [-0.15, -0.1) is 24.0 Å². The minimum Gasteiger partial charge on any atom is -0.380 e. The average Bonchev–Trinajstić information content (AvgIpc) is 2.46. The van der Waals surface area contributed by atoms with Gasteiger partial charge in [-0.3, -0.25) is 4.99 Å². The van der Waals surface area contributed by atoms with Gasteiger partial charge >= 0.3 is 0 Å². The van der Waals surface area contributed by atoms with Gasteiger partial charge in [-0.25, -0.2) is 4.39 Å². The highest BCUT2D eigenvalue weighted by Gasteiger charge is 1.99. The summed E-state index contributed by atoms with van der Waals surface area (Å²) in [6.07, 6.45) is 2.23. The average molecular weight is 409 g/mol. The molecule has 0 heterocycles. The molecule has 6 heteroatoms. The number of nitrogens with one attached hydrogen (secondary N) is 2. The number of guanidine groups is 1. The summed E-state index contributed by atoms with van der Waals surface area (Å²) in [4.78, 5) is 4.10. The summed E-state index contributed by atoms with van der Waals surface area (Å²) in [7, 11) is 1.71. The number of halogens is 2. The van der Waals surface area contributed by atoms with Crippen molar-refractivity contribution in [2.45, 2.75) is 26.3 Å². The van der Waals surface area contributed by atoms with Gasteiger partial charge < -0.3 is 15.4 Å². The van der Waals surface area contributed by atoms with E-state index in [-0.39, 0.29) is 29.8 Å². The third kappa shape index (κ3) is 9.62. The second-order valence-corrected chi connectivity index (χ2v) is 4.45. The molecule has 0 amide bonds. The van der Waals surface area contributed by atoms with Gasteiger partial charge in [0, 0.05) is 26.7 Å².